The lowest BCUT2D eigenvalue weighted by Crippen LogP contribution is -2.49. The summed E-state index contributed by atoms with van der Waals surface area (Å²) < 4.78 is 0. The fourth-order valence-electron chi connectivity index (χ4n) is 2.93. The van der Waals surface area contributed by atoms with Crippen molar-refractivity contribution in [3.05, 3.63) is 24.3 Å². The van der Waals surface area contributed by atoms with E-state index in [0.717, 1.165) is 44.3 Å². The molecule has 0 aromatic heterocycles. The quantitative estimate of drug-likeness (QED) is 0.893. The molecule has 3 rings (SSSR count). The number of nitrogens with zero attached hydrogens (tertiary/aromatic N) is 3. The molecule has 0 bridgehead atoms. The summed E-state index contributed by atoms with van der Waals surface area (Å²) in [5, 5.41) is 9.35. The molecule has 120 valence electrons. The molecule has 0 spiro atoms. The number of carbonyl (C=O) groups excluding carboxylic acids is 1. The molecule has 22 heavy (non-hydrogen) atoms. The van der Waals surface area contributed by atoms with Gasteiger partial charge in [-0.3, -0.25) is 9.69 Å². The zero-order chi connectivity index (χ0) is 15.5. The molecule has 2 fully saturated rings. The third kappa shape index (κ3) is 3.91. The SMILES string of the molecule is CN(CC1CC1)C(=O)CN1CCN(c2ccc(O)cc2)CC1. The number of hydrogen-bond donors (Lipinski definition) is 1. The van der Waals surface area contributed by atoms with Gasteiger partial charge in [-0.1, -0.05) is 0 Å². The summed E-state index contributed by atoms with van der Waals surface area (Å²) in [6.45, 7) is 5.11. The number of rotatable bonds is 5. The first-order valence-corrected chi connectivity index (χ1v) is 8.12. The van der Waals surface area contributed by atoms with Crippen molar-refractivity contribution >= 4 is 11.6 Å². The Morgan fingerprint density at radius 2 is 1.82 bits per heavy atom. The van der Waals surface area contributed by atoms with E-state index in [4.69, 9.17) is 0 Å². The van der Waals surface area contributed by atoms with Crippen LogP contribution < -0.4 is 4.90 Å². The van der Waals surface area contributed by atoms with Crippen LogP contribution in [0.5, 0.6) is 5.75 Å². The second-order valence-corrected chi connectivity index (χ2v) is 6.50. The van der Waals surface area contributed by atoms with Crippen molar-refractivity contribution in [2.75, 3.05) is 51.2 Å². The average Bonchev–Trinajstić information content (AvgIpc) is 3.33. The molecule has 1 saturated heterocycles. The van der Waals surface area contributed by atoms with Gasteiger partial charge in [0.2, 0.25) is 5.91 Å². The summed E-state index contributed by atoms with van der Waals surface area (Å²) in [6, 6.07) is 7.33. The number of hydrogen-bond acceptors (Lipinski definition) is 4. The lowest BCUT2D eigenvalue weighted by atomic mass is 10.2. The number of amides is 1. The predicted octanol–water partition coefficient (Wildman–Crippen LogP) is 1.38. The van der Waals surface area contributed by atoms with Gasteiger partial charge in [0.1, 0.15) is 5.75 Å². The molecule has 5 nitrogen and oxygen atoms in total. The van der Waals surface area contributed by atoms with Crippen LogP contribution in [0.15, 0.2) is 24.3 Å². The molecule has 1 aromatic rings. The standard InChI is InChI=1S/C17H25N3O2/c1-18(12-14-2-3-14)17(22)13-19-8-10-20(11-9-19)15-4-6-16(21)7-5-15/h4-7,14,21H,2-3,8-13H2,1H3. The molecule has 0 unspecified atom stereocenters. The molecule has 1 aliphatic carbocycles. The molecule has 1 heterocycles. The minimum Gasteiger partial charge on any atom is -0.508 e. The largest absolute Gasteiger partial charge is 0.508 e. The molecule has 1 aliphatic heterocycles. The zero-order valence-electron chi connectivity index (χ0n) is 13.2. The van der Waals surface area contributed by atoms with E-state index in [1.54, 1.807) is 12.1 Å². The molecule has 5 heteroatoms. The Kier molecular flexibility index (Phi) is 4.52. The Balaban J connectivity index is 1.44. The Morgan fingerprint density at radius 1 is 1.18 bits per heavy atom. The van der Waals surface area contributed by atoms with Gasteiger partial charge >= 0.3 is 0 Å². The maximum Gasteiger partial charge on any atom is 0.236 e. The summed E-state index contributed by atoms with van der Waals surface area (Å²) in [5.74, 6) is 1.29. The van der Waals surface area contributed by atoms with Gasteiger partial charge in [0, 0.05) is 45.5 Å². The van der Waals surface area contributed by atoms with Gasteiger partial charge in [-0.15, -0.1) is 0 Å². The Bertz CT molecular complexity index is 505. The average molecular weight is 303 g/mol. The van der Waals surface area contributed by atoms with E-state index in [2.05, 4.69) is 9.80 Å². The van der Waals surface area contributed by atoms with Gasteiger partial charge in [-0.25, -0.2) is 0 Å². The second kappa shape index (κ2) is 6.57. The number of aromatic hydroxyl groups is 1. The molecule has 2 aliphatic rings. The fourth-order valence-corrected chi connectivity index (χ4v) is 2.93. The first-order chi connectivity index (χ1) is 10.6. The molecular weight excluding hydrogens is 278 g/mol. The van der Waals surface area contributed by atoms with Crippen molar-refractivity contribution in [2.45, 2.75) is 12.8 Å². The third-order valence-corrected chi connectivity index (χ3v) is 4.60. The summed E-state index contributed by atoms with van der Waals surface area (Å²) in [5.41, 5.74) is 1.13. The number of phenols is 1. The Hall–Kier alpha value is -1.75. The van der Waals surface area contributed by atoms with Crippen LogP contribution in [0, 0.1) is 5.92 Å². The number of phenolic OH excluding ortho intramolecular Hbond substituents is 1. The Labute approximate surface area is 132 Å². The molecule has 0 atom stereocenters. The smallest absolute Gasteiger partial charge is 0.236 e. The second-order valence-electron chi connectivity index (χ2n) is 6.50. The van der Waals surface area contributed by atoms with Gasteiger partial charge < -0.3 is 14.9 Å². The predicted molar refractivity (Wildman–Crippen MR) is 87.1 cm³/mol. The van der Waals surface area contributed by atoms with Crippen LogP contribution in [0.4, 0.5) is 5.69 Å². The van der Waals surface area contributed by atoms with Crippen LogP contribution in [0.2, 0.25) is 0 Å². The van der Waals surface area contributed by atoms with E-state index in [0.29, 0.717) is 12.3 Å². The zero-order valence-corrected chi connectivity index (χ0v) is 13.2. The lowest BCUT2D eigenvalue weighted by Gasteiger charge is -2.36. The van der Waals surface area contributed by atoms with Gasteiger partial charge in [-0.2, -0.15) is 0 Å². The van der Waals surface area contributed by atoms with E-state index in [9.17, 15) is 9.90 Å². The van der Waals surface area contributed by atoms with Gasteiger partial charge in [0.25, 0.3) is 0 Å². The summed E-state index contributed by atoms with van der Waals surface area (Å²) >= 11 is 0. The van der Waals surface area contributed by atoms with Crippen molar-refractivity contribution in [3.63, 3.8) is 0 Å². The minimum absolute atomic E-state index is 0.241. The molecule has 1 saturated carbocycles. The highest BCUT2D eigenvalue weighted by atomic mass is 16.3. The van der Waals surface area contributed by atoms with E-state index < -0.39 is 0 Å². The van der Waals surface area contributed by atoms with Crippen molar-refractivity contribution in [3.8, 4) is 5.75 Å². The molecule has 1 N–H and O–H groups in total. The summed E-state index contributed by atoms with van der Waals surface area (Å²) in [4.78, 5) is 18.6. The van der Waals surface area contributed by atoms with Crippen LogP contribution in [0.1, 0.15) is 12.8 Å². The van der Waals surface area contributed by atoms with Crippen molar-refractivity contribution < 1.29 is 9.90 Å². The highest BCUT2D eigenvalue weighted by Gasteiger charge is 2.26. The maximum atomic E-state index is 12.2. The Morgan fingerprint density at radius 3 is 2.41 bits per heavy atom. The minimum atomic E-state index is 0.241. The van der Waals surface area contributed by atoms with Crippen LogP contribution in [0.25, 0.3) is 0 Å². The van der Waals surface area contributed by atoms with Gasteiger partial charge in [0.15, 0.2) is 0 Å². The molecule has 1 aromatic carbocycles. The van der Waals surface area contributed by atoms with E-state index in [1.165, 1.54) is 12.8 Å². The van der Waals surface area contributed by atoms with Gasteiger partial charge in [0.05, 0.1) is 6.54 Å². The summed E-state index contributed by atoms with van der Waals surface area (Å²) in [7, 11) is 1.92. The first kappa shape index (κ1) is 15.2. The van der Waals surface area contributed by atoms with Crippen LogP contribution in [-0.4, -0.2) is 67.1 Å². The third-order valence-electron chi connectivity index (χ3n) is 4.60. The van der Waals surface area contributed by atoms with Gasteiger partial charge in [-0.05, 0) is 43.0 Å². The number of likely N-dealkylation sites (N-methyl/N-ethyl adjacent to an activating group) is 1. The number of piperazine rings is 1. The maximum absolute atomic E-state index is 12.2. The van der Waals surface area contributed by atoms with Crippen molar-refractivity contribution in [2.24, 2.45) is 5.92 Å². The molecule has 0 radical (unpaired) electrons. The van der Waals surface area contributed by atoms with Crippen molar-refractivity contribution in [1.29, 1.82) is 0 Å². The number of carbonyl (C=O) groups is 1. The monoisotopic (exact) mass is 303 g/mol. The topological polar surface area (TPSA) is 47.0 Å². The van der Waals surface area contributed by atoms with Crippen LogP contribution in [0.3, 0.4) is 0 Å². The number of benzene rings is 1. The van der Waals surface area contributed by atoms with E-state index in [-0.39, 0.29) is 5.91 Å². The first-order valence-electron chi connectivity index (χ1n) is 8.12. The van der Waals surface area contributed by atoms with Crippen LogP contribution in [-0.2, 0) is 4.79 Å². The van der Waals surface area contributed by atoms with E-state index in [1.807, 2.05) is 24.1 Å². The highest BCUT2D eigenvalue weighted by molar-refractivity contribution is 5.78. The summed E-state index contributed by atoms with van der Waals surface area (Å²) in [6.07, 6.45) is 2.56. The number of anilines is 1. The van der Waals surface area contributed by atoms with Crippen LogP contribution >= 0.6 is 0 Å². The fraction of sp³-hybridized carbons (Fsp3) is 0.588. The molecular formula is C17H25N3O2. The lowest BCUT2D eigenvalue weighted by molar-refractivity contribution is -0.131. The van der Waals surface area contributed by atoms with Crippen molar-refractivity contribution in [1.82, 2.24) is 9.80 Å². The van der Waals surface area contributed by atoms with E-state index >= 15 is 0 Å². The normalized spacial score (nSPS) is 19.2. The highest BCUT2D eigenvalue weighted by Crippen LogP contribution is 2.29. The molecule has 1 amide bonds.